The topological polar surface area (TPSA) is 29.1 Å². The normalized spacial score (nSPS) is 19.1. The number of benzene rings is 2. The van der Waals surface area contributed by atoms with Crippen LogP contribution in [0.25, 0.3) is 0 Å². The van der Waals surface area contributed by atoms with Crippen LogP contribution in [0.1, 0.15) is 62.1 Å². The SMILES string of the molecule is CCCc1cccc(C(C)C)c1NC(=O)[C@@H]1C[C@@H]1c1ccc(F)cc1. The van der Waals surface area contributed by atoms with Crippen LogP contribution >= 0.6 is 0 Å². The molecular formula is C22H26FNO. The number of carbonyl (C=O) groups excluding carboxylic acids is 1. The molecule has 2 aromatic rings. The number of rotatable bonds is 6. The Balaban J connectivity index is 1.76. The zero-order chi connectivity index (χ0) is 18.0. The predicted octanol–water partition coefficient (Wildman–Crippen LogP) is 5.64. The minimum Gasteiger partial charge on any atom is -0.325 e. The number of aryl methyl sites for hydroxylation is 1. The van der Waals surface area contributed by atoms with Crippen LogP contribution in [0.4, 0.5) is 10.1 Å². The zero-order valence-corrected chi connectivity index (χ0v) is 15.2. The first-order chi connectivity index (χ1) is 12.0. The smallest absolute Gasteiger partial charge is 0.228 e. The molecule has 0 aliphatic heterocycles. The van der Waals surface area contributed by atoms with Gasteiger partial charge in [-0.25, -0.2) is 4.39 Å². The van der Waals surface area contributed by atoms with E-state index in [0.717, 1.165) is 30.5 Å². The summed E-state index contributed by atoms with van der Waals surface area (Å²) in [7, 11) is 0. The molecule has 0 bridgehead atoms. The van der Waals surface area contributed by atoms with Crippen molar-refractivity contribution in [2.24, 2.45) is 5.92 Å². The Labute approximate surface area is 149 Å². The van der Waals surface area contributed by atoms with Crippen molar-refractivity contribution in [3.63, 3.8) is 0 Å². The zero-order valence-electron chi connectivity index (χ0n) is 15.2. The van der Waals surface area contributed by atoms with Gasteiger partial charge in [0.2, 0.25) is 5.91 Å². The molecule has 1 aliphatic rings. The molecule has 1 fully saturated rings. The van der Waals surface area contributed by atoms with E-state index >= 15 is 0 Å². The highest BCUT2D eigenvalue weighted by Crippen LogP contribution is 2.48. The van der Waals surface area contributed by atoms with Gasteiger partial charge in [-0.2, -0.15) is 0 Å². The molecule has 0 spiro atoms. The van der Waals surface area contributed by atoms with Gasteiger partial charge in [-0.3, -0.25) is 4.79 Å². The third kappa shape index (κ3) is 3.92. The van der Waals surface area contributed by atoms with Gasteiger partial charge in [0.25, 0.3) is 0 Å². The molecule has 2 nitrogen and oxygen atoms in total. The fourth-order valence-electron chi connectivity index (χ4n) is 3.51. The molecule has 3 heteroatoms. The molecule has 0 aromatic heterocycles. The third-order valence-electron chi connectivity index (χ3n) is 5.00. The molecule has 3 rings (SSSR count). The van der Waals surface area contributed by atoms with Gasteiger partial charge >= 0.3 is 0 Å². The summed E-state index contributed by atoms with van der Waals surface area (Å²) in [5.74, 6) is 0.404. The van der Waals surface area contributed by atoms with Crippen molar-refractivity contribution in [1.29, 1.82) is 0 Å². The summed E-state index contributed by atoms with van der Waals surface area (Å²) in [6.07, 6.45) is 2.85. The van der Waals surface area contributed by atoms with Crippen molar-refractivity contribution in [2.75, 3.05) is 5.32 Å². The van der Waals surface area contributed by atoms with Crippen LogP contribution in [0.15, 0.2) is 42.5 Å². The van der Waals surface area contributed by atoms with Crippen LogP contribution in [-0.2, 0) is 11.2 Å². The molecule has 1 saturated carbocycles. The van der Waals surface area contributed by atoms with Gasteiger partial charge in [0, 0.05) is 11.6 Å². The van der Waals surface area contributed by atoms with Gasteiger partial charge in [0.05, 0.1) is 0 Å². The van der Waals surface area contributed by atoms with Gasteiger partial charge in [0.1, 0.15) is 5.82 Å². The van der Waals surface area contributed by atoms with E-state index in [1.54, 1.807) is 12.1 Å². The number of anilines is 1. The summed E-state index contributed by atoms with van der Waals surface area (Å²) in [5.41, 5.74) is 4.45. The highest BCUT2D eigenvalue weighted by atomic mass is 19.1. The summed E-state index contributed by atoms with van der Waals surface area (Å²) in [6.45, 7) is 6.46. The van der Waals surface area contributed by atoms with Crippen molar-refractivity contribution in [2.45, 2.75) is 51.9 Å². The largest absolute Gasteiger partial charge is 0.325 e. The lowest BCUT2D eigenvalue weighted by molar-refractivity contribution is -0.117. The molecule has 0 unspecified atom stereocenters. The molecule has 1 N–H and O–H groups in total. The molecule has 0 heterocycles. The van der Waals surface area contributed by atoms with Crippen molar-refractivity contribution < 1.29 is 9.18 Å². The van der Waals surface area contributed by atoms with Crippen molar-refractivity contribution in [3.8, 4) is 0 Å². The predicted molar refractivity (Wildman–Crippen MR) is 100 cm³/mol. The lowest BCUT2D eigenvalue weighted by Gasteiger charge is -2.18. The van der Waals surface area contributed by atoms with Gasteiger partial charge < -0.3 is 5.32 Å². The number of carbonyl (C=O) groups is 1. The highest BCUT2D eigenvalue weighted by molar-refractivity contribution is 5.96. The quantitative estimate of drug-likeness (QED) is 0.724. The number of hydrogen-bond acceptors (Lipinski definition) is 1. The Morgan fingerprint density at radius 2 is 1.92 bits per heavy atom. The fraction of sp³-hybridized carbons (Fsp3) is 0.409. The Morgan fingerprint density at radius 3 is 2.56 bits per heavy atom. The Morgan fingerprint density at radius 1 is 1.20 bits per heavy atom. The monoisotopic (exact) mass is 339 g/mol. The first kappa shape index (κ1) is 17.7. The van der Waals surface area contributed by atoms with Crippen LogP contribution < -0.4 is 5.32 Å². The minimum absolute atomic E-state index is 0.0137. The maximum absolute atomic E-state index is 13.1. The van der Waals surface area contributed by atoms with Gasteiger partial charge in [-0.15, -0.1) is 0 Å². The molecule has 1 aliphatic carbocycles. The highest BCUT2D eigenvalue weighted by Gasteiger charge is 2.44. The summed E-state index contributed by atoms with van der Waals surface area (Å²) in [6, 6.07) is 12.8. The summed E-state index contributed by atoms with van der Waals surface area (Å²) < 4.78 is 13.1. The third-order valence-corrected chi connectivity index (χ3v) is 5.00. The molecule has 132 valence electrons. The maximum atomic E-state index is 13.1. The molecule has 25 heavy (non-hydrogen) atoms. The average molecular weight is 339 g/mol. The second-order valence-electron chi connectivity index (χ2n) is 7.28. The average Bonchev–Trinajstić information content (AvgIpc) is 3.38. The fourth-order valence-corrected chi connectivity index (χ4v) is 3.51. The Kier molecular flexibility index (Phi) is 5.22. The van der Waals surface area contributed by atoms with E-state index in [4.69, 9.17) is 0 Å². The van der Waals surface area contributed by atoms with E-state index in [1.165, 1.54) is 23.3 Å². The minimum atomic E-state index is -0.236. The summed E-state index contributed by atoms with van der Waals surface area (Å²) in [4.78, 5) is 12.8. The second kappa shape index (κ2) is 7.38. The molecule has 0 radical (unpaired) electrons. The van der Waals surface area contributed by atoms with E-state index in [-0.39, 0.29) is 23.6 Å². The van der Waals surface area contributed by atoms with Crippen LogP contribution in [0.3, 0.4) is 0 Å². The van der Waals surface area contributed by atoms with E-state index in [2.05, 4.69) is 44.3 Å². The first-order valence-electron chi connectivity index (χ1n) is 9.19. The number of amides is 1. The Hall–Kier alpha value is -2.16. The number of para-hydroxylation sites is 1. The molecule has 2 aromatic carbocycles. The molecule has 1 amide bonds. The first-order valence-corrected chi connectivity index (χ1v) is 9.19. The maximum Gasteiger partial charge on any atom is 0.228 e. The van der Waals surface area contributed by atoms with Crippen molar-refractivity contribution >= 4 is 11.6 Å². The summed E-state index contributed by atoms with van der Waals surface area (Å²) in [5, 5.41) is 3.21. The van der Waals surface area contributed by atoms with Crippen LogP contribution in [0.5, 0.6) is 0 Å². The van der Waals surface area contributed by atoms with Gasteiger partial charge in [-0.05, 0) is 53.5 Å². The lowest BCUT2D eigenvalue weighted by atomic mass is 9.95. The van der Waals surface area contributed by atoms with Crippen LogP contribution in [0.2, 0.25) is 0 Å². The standard InChI is InChI=1S/C22H26FNO/c1-4-6-16-7-5-8-18(14(2)3)21(16)24-22(25)20-13-19(20)15-9-11-17(23)12-10-15/h5,7-12,14,19-20H,4,6,13H2,1-3H3,(H,24,25)/t19-,20-/m1/s1. The van der Waals surface area contributed by atoms with Crippen LogP contribution in [0, 0.1) is 11.7 Å². The van der Waals surface area contributed by atoms with Crippen molar-refractivity contribution in [1.82, 2.24) is 0 Å². The number of halogens is 1. The van der Waals surface area contributed by atoms with E-state index in [0.29, 0.717) is 5.92 Å². The summed E-state index contributed by atoms with van der Waals surface area (Å²) >= 11 is 0. The number of nitrogens with one attached hydrogen (secondary N) is 1. The number of hydrogen-bond donors (Lipinski definition) is 1. The van der Waals surface area contributed by atoms with E-state index < -0.39 is 0 Å². The second-order valence-corrected chi connectivity index (χ2v) is 7.28. The molecular weight excluding hydrogens is 313 g/mol. The lowest BCUT2D eigenvalue weighted by Crippen LogP contribution is -2.17. The molecule has 0 saturated heterocycles. The van der Waals surface area contributed by atoms with Crippen LogP contribution in [-0.4, -0.2) is 5.91 Å². The Bertz CT molecular complexity index is 751. The van der Waals surface area contributed by atoms with E-state index in [9.17, 15) is 9.18 Å². The van der Waals surface area contributed by atoms with Gasteiger partial charge in [-0.1, -0.05) is 57.5 Å². The van der Waals surface area contributed by atoms with E-state index in [1.807, 2.05) is 0 Å². The van der Waals surface area contributed by atoms with Gasteiger partial charge in [0.15, 0.2) is 0 Å². The van der Waals surface area contributed by atoms with Crippen molar-refractivity contribution in [3.05, 3.63) is 65.0 Å². The molecule has 2 atom stereocenters.